The predicted octanol–water partition coefficient (Wildman–Crippen LogP) is 2.22. The second kappa shape index (κ2) is 4.97. The van der Waals surface area contributed by atoms with Crippen LogP contribution in [0.1, 0.15) is 30.7 Å². The van der Waals surface area contributed by atoms with Crippen LogP contribution in [0.25, 0.3) is 0 Å². The van der Waals surface area contributed by atoms with Gasteiger partial charge in [-0.1, -0.05) is 6.92 Å². The maximum absolute atomic E-state index is 11.5. The number of ether oxygens (including phenoxy) is 1. The van der Waals surface area contributed by atoms with Crippen LogP contribution in [0.2, 0.25) is 0 Å². The van der Waals surface area contributed by atoms with Crippen LogP contribution in [-0.2, 0) is 14.9 Å². The normalized spacial score (nSPS) is 16.6. The number of hydrogen-bond donors (Lipinski definition) is 1. The number of aryl methyl sites for hydroxylation is 1. The summed E-state index contributed by atoms with van der Waals surface area (Å²) < 4.78 is 4.74. The number of methoxy groups -OCH3 is 1. The van der Waals surface area contributed by atoms with E-state index in [4.69, 9.17) is 10.5 Å². The van der Waals surface area contributed by atoms with Gasteiger partial charge >= 0.3 is 5.97 Å². The number of rotatable bonds is 4. The minimum atomic E-state index is -0.342. The smallest absolute Gasteiger partial charge is 0.306 e. The van der Waals surface area contributed by atoms with Gasteiger partial charge in [-0.2, -0.15) is 0 Å². The summed E-state index contributed by atoms with van der Waals surface area (Å²) in [6.45, 7) is 6.00. The number of hydrogen-bond acceptors (Lipinski definition) is 4. The third kappa shape index (κ3) is 2.44. The third-order valence-electron chi connectivity index (χ3n) is 3.13. The van der Waals surface area contributed by atoms with Crippen molar-refractivity contribution in [2.75, 3.05) is 7.11 Å². The SMILES string of the molecule is COC(=O)CC(C)(c1sccc1C)C(C)N. The molecule has 1 aromatic rings. The molecular weight excluding hydrogens is 222 g/mol. The second-order valence-electron chi connectivity index (χ2n) is 4.39. The van der Waals surface area contributed by atoms with Crippen molar-refractivity contribution in [1.29, 1.82) is 0 Å². The Kier molecular flexibility index (Phi) is 4.10. The molecule has 4 heteroatoms. The fourth-order valence-electron chi connectivity index (χ4n) is 1.78. The summed E-state index contributed by atoms with van der Waals surface area (Å²) >= 11 is 1.65. The standard InChI is InChI=1S/C12H19NO2S/c1-8-5-6-16-11(8)12(3,9(2)13)7-10(14)15-4/h5-6,9H,7,13H2,1-4H3. The van der Waals surface area contributed by atoms with E-state index in [1.165, 1.54) is 17.6 Å². The first-order chi connectivity index (χ1) is 7.41. The molecule has 0 amide bonds. The van der Waals surface area contributed by atoms with Crippen LogP contribution in [0.3, 0.4) is 0 Å². The van der Waals surface area contributed by atoms with E-state index >= 15 is 0 Å². The Balaban J connectivity index is 3.07. The Morgan fingerprint density at radius 3 is 2.69 bits per heavy atom. The van der Waals surface area contributed by atoms with Gasteiger partial charge in [0.2, 0.25) is 0 Å². The molecule has 1 aromatic heterocycles. The molecule has 0 spiro atoms. The van der Waals surface area contributed by atoms with Crippen LogP contribution in [0, 0.1) is 6.92 Å². The molecule has 1 rings (SSSR count). The molecule has 16 heavy (non-hydrogen) atoms. The minimum Gasteiger partial charge on any atom is -0.469 e. The quantitative estimate of drug-likeness (QED) is 0.822. The highest BCUT2D eigenvalue weighted by Crippen LogP contribution is 2.36. The van der Waals surface area contributed by atoms with Crippen LogP contribution in [-0.4, -0.2) is 19.1 Å². The van der Waals surface area contributed by atoms with Crippen molar-refractivity contribution in [2.24, 2.45) is 5.73 Å². The molecule has 2 atom stereocenters. The number of carbonyl (C=O) groups is 1. The molecule has 90 valence electrons. The molecule has 0 aliphatic carbocycles. The minimum absolute atomic E-state index is 0.0936. The first-order valence-electron chi connectivity index (χ1n) is 5.28. The predicted molar refractivity (Wildman–Crippen MR) is 66.7 cm³/mol. The molecule has 0 aliphatic heterocycles. The average molecular weight is 241 g/mol. The van der Waals surface area contributed by atoms with Crippen LogP contribution >= 0.6 is 11.3 Å². The van der Waals surface area contributed by atoms with E-state index in [9.17, 15) is 4.79 Å². The summed E-state index contributed by atoms with van der Waals surface area (Å²) in [6, 6.07) is 1.96. The van der Waals surface area contributed by atoms with Crippen LogP contribution < -0.4 is 5.73 Å². The molecule has 0 aromatic carbocycles. The average Bonchev–Trinajstić information content (AvgIpc) is 2.64. The second-order valence-corrected chi connectivity index (χ2v) is 5.31. The van der Waals surface area contributed by atoms with E-state index in [-0.39, 0.29) is 17.4 Å². The van der Waals surface area contributed by atoms with E-state index < -0.39 is 0 Å². The Bertz CT molecular complexity index is 373. The van der Waals surface area contributed by atoms with Gasteiger partial charge in [0.1, 0.15) is 0 Å². The monoisotopic (exact) mass is 241 g/mol. The summed E-state index contributed by atoms with van der Waals surface area (Å²) in [5, 5.41) is 2.03. The molecule has 1 heterocycles. The Morgan fingerprint density at radius 1 is 1.69 bits per heavy atom. The fraction of sp³-hybridized carbons (Fsp3) is 0.583. The highest BCUT2D eigenvalue weighted by atomic mass is 32.1. The van der Waals surface area contributed by atoms with Crippen LogP contribution in [0.15, 0.2) is 11.4 Å². The molecule has 0 saturated heterocycles. The Labute approximate surface area is 101 Å². The van der Waals surface area contributed by atoms with Gasteiger partial charge in [-0.15, -0.1) is 11.3 Å². The Hall–Kier alpha value is -0.870. The molecule has 0 aliphatic rings. The van der Waals surface area contributed by atoms with Crippen molar-refractivity contribution < 1.29 is 9.53 Å². The van der Waals surface area contributed by atoms with E-state index in [1.54, 1.807) is 11.3 Å². The zero-order chi connectivity index (χ0) is 12.3. The first-order valence-corrected chi connectivity index (χ1v) is 6.16. The van der Waals surface area contributed by atoms with E-state index in [1.807, 2.05) is 26.2 Å². The van der Waals surface area contributed by atoms with Gasteiger partial charge in [-0.05, 0) is 30.9 Å². The summed E-state index contributed by atoms with van der Waals surface area (Å²) in [5.41, 5.74) is 6.88. The van der Waals surface area contributed by atoms with Crippen LogP contribution in [0.5, 0.6) is 0 Å². The van der Waals surface area contributed by atoms with Gasteiger partial charge in [0.15, 0.2) is 0 Å². The van der Waals surface area contributed by atoms with Crippen molar-refractivity contribution in [1.82, 2.24) is 0 Å². The van der Waals surface area contributed by atoms with Gasteiger partial charge in [0.05, 0.1) is 13.5 Å². The molecule has 0 fully saturated rings. The molecule has 0 radical (unpaired) electrons. The van der Waals surface area contributed by atoms with Gasteiger partial charge in [-0.25, -0.2) is 0 Å². The summed E-state index contributed by atoms with van der Waals surface area (Å²) in [4.78, 5) is 12.6. The molecule has 2 N–H and O–H groups in total. The molecule has 2 unspecified atom stereocenters. The lowest BCUT2D eigenvalue weighted by Gasteiger charge is -2.32. The first kappa shape index (κ1) is 13.2. The van der Waals surface area contributed by atoms with Crippen LogP contribution in [0.4, 0.5) is 0 Å². The summed E-state index contributed by atoms with van der Waals surface area (Å²) in [5.74, 6) is -0.215. The molecular formula is C12H19NO2S. The summed E-state index contributed by atoms with van der Waals surface area (Å²) in [6.07, 6.45) is 0.322. The van der Waals surface area contributed by atoms with Crippen molar-refractivity contribution >= 4 is 17.3 Å². The molecule has 0 bridgehead atoms. The highest BCUT2D eigenvalue weighted by molar-refractivity contribution is 7.10. The van der Waals surface area contributed by atoms with Crippen molar-refractivity contribution in [3.8, 4) is 0 Å². The lowest BCUT2D eigenvalue weighted by molar-refractivity contribution is -0.142. The summed E-state index contributed by atoms with van der Waals surface area (Å²) in [7, 11) is 1.41. The zero-order valence-corrected chi connectivity index (χ0v) is 11.1. The van der Waals surface area contributed by atoms with Crippen molar-refractivity contribution in [3.05, 3.63) is 21.9 Å². The highest BCUT2D eigenvalue weighted by Gasteiger charge is 2.36. The number of nitrogens with two attached hydrogens (primary N) is 1. The van der Waals surface area contributed by atoms with E-state index in [0.29, 0.717) is 6.42 Å². The van der Waals surface area contributed by atoms with Gasteiger partial charge in [-0.3, -0.25) is 4.79 Å². The maximum atomic E-state index is 11.5. The van der Waals surface area contributed by atoms with Gasteiger partial charge < -0.3 is 10.5 Å². The molecule has 3 nitrogen and oxygen atoms in total. The van der Waals surface area contributed by atoms with Crippen molar-refractivity contribution in [3.63, 3.8) is 0 Å². The zero-order valence-electron chi connectivity index (χ0n) is 10.2. The van der Waals surface area contributed by atoms with Gasteiger partial charge in [0, 0.05) is 16.3 Å². The maximum Gasteiger partial charge on any atom is 0.306 e. The number of thiophene rings is 1. The Morgan fingerprint density at radius 2 is 2.31 bits per heavy atom. The topological polar surface area (TPSA) is 52.3 Å². The molecule has 0 saturated carbocycles. The van der Waals surface area contributed by atoms with Gasteiger partial charge in [0.25, 0.3) is 0 Å². The lowest BCUT2D eigenvalue weighted by Crippen LogP contribution is -2.42. The van der Waals surface area contributed by atoms with E-state index in [0.717, 1.165) is 0 Å². The van der Waals surface area contributed by atoms with Crippen molar-refractivity contribution in [2.45, 2.75) is 38.6 Å². The third-order valence-corrected chi connectivity index (χ3v) is 4.42. The van der Waals surface area contributed by atoms with E-state index in [2.05, 4.69) is 6.07 Å². The largest absolute Gasteiger partial charge is 0.469 e. The lowest BCUT2D eigenvalue weighted by atomic mass is 9.77. The fourth-order valence-corrected chi connectivity index (χ4v) is 2.97. The number of esters is 1. The number of carbonyl (C=O) groups excluding carboxylic acids is 1.